The van der Waals surface area contributed by atoms with Crippen molar-refractivity contribution in [2.75, 3.05) is 25.0 Å². The van der Waals surface area contributed by atoms with Gasteiger partial charge in [-0.2, -0.15) is 5.26 Å². The molecule has 1 unspecified atom stereocenters. The van der Waals surface area contributed by atoms with Crippen molar-refractivity contribution in [1.29, 1.82) is 5.26 Å². The molecule has 1 aromatic heterocycles. The lowest BCUT2D eigenvalue weighted by Gasteiger charge is -2.40. The number of halogens is 2. The van der Waals surface area contributed by atoms with Crippen LogP contribution in [0.1, 0.15) is 56.2 Å². The van der Waals surface area contributed by atoms with Crippen LogP contribution in [0.25, 0.3) is 0 Å². The van der Waals surface area contributed by atoms with E-state index < -0.39 is 28.9 Å². The zero-order valence-electron chi connectivity index (χ0n) is 20.2. The van der Waals surface area contributed by atoms with Gasteiger partial charge in [0.2, 0.25) is 5.95 Å². The lowest BCUT2D eigenvalue weighted by molar-refractivity contribution is 0.0104. The quantitative estimate of drug-likeness (QED) is 0.579. The van der Waals surface area contributed by atoms with Gasteiger partial charge in [0.05, 0.1) is 29.4 Å². The van der Waals surface area contributed by atoms with Gasteiger partial charge in [0, 0.05) is 24.8 Å². The number of nitriles is 1. The third-order valence-electron chi connectivity index (χ3n) is 5.34. The molecule has 11 heteroatoms. The first-order valence-corrected chi connectivity index (χ1v) is 11.4. The number of carbonyl (C=O) groups excluding carboxylic acids is 2. The van der Waals surface area contributed by atoms with Crippen LogP contribution in [0.15, 0.2) is 24.4 Å². The fraction of sp³-hybridized carbons (Fsp3) is 0.458. The minimum Gasteiger partial charge on any atom is -0.462 e. The van der Waals surface area contributed by atoms with Gasteiger partial charge in [-0.15, -0.1) is 0 Å². The van der Waals surface area contributed by atoms with Gasteiger partial charge in [-0.05, 0) is 40.7 Å². The van der Waals surface area contributed by atoms with Gasteiger partial charge in [0.1, 0.15) is 22.4 Å². The van der Waals surface area contributed by atoms with Gasteiger partial charge in [-0.1, -0.05) is 23.7 Å². The molecule has 1 aliphatic heterocycles. The number of anilines is 1. The van der Waals surface area contributed by atoms with Crippen molar-refractivity contribution in [3.05, 3.63) is 52.1 Å². The Morgan fingerprint density at radius 3 is 2.60 bits per heavy atom. The number of nitrogens with zero attached hydrogens (tertiary/aromatic N) is 4. The Labute approximate surface area is 208 Å². The highest BCUT2D eigenvalue weighted by Crippen LogP contribution is 2.36. The molecule has 0 radical (unpaired) electrons. The van der Waals surface area contributed by atoms with Gasteiger partial charge in [-0.3, -0.25) is 0 Å². The molecule has 1 saturated heterocycles. The smallest absolute Gasteiger partial charge is 0.410 e. The van der Waals surface area contributed by atoms with E-state index in [0.717, 1.165) is 0 Å². The van der Waals surface area contributed by atoms with Crippen molar-refractivity contribution in [2.45, 2.75) is 51.7 Å². The van der Waals surface area contributed by atoms with E-state index in [1.54, 1.807) is 27.7 Å². The minimum absolute atomic E-state index is 0.0274. The number of amides is 1. The van der Waals surface area contributed by atoms with Crippen LogP contribution in [-0.2, 0) is 14.9 Å². The number of rotatable bonds is 6. The molecule has 186 valence electrons. The van der Waals surface area contributed by atoms with Crippen molar-refractivity contribution in [3.63, 3.8) is 0 Å². The third kappa shape index (κ3) is 5.62. The van der Waals surface area contributed by atoms with Crippen LogP contribution in [0.5, 0.6) is 0 Å². The molecule has 1 aromatic carbocycles. The Bertz CT molecular complexity index is 1170. The minimum atomic E-state index is -1.68. The molecule has 9 nitrogen and oxygen atoms in total. The summed E-state index contributed by atoms with van der Waals surface area (Å²) in [5, 5.41) is 13.0. The van der Waals surface area contributed by atoms with Crippen molar-refractivity contribution < 1.29 is 23.5 Å². The predicted octanol–water partition coefficient (Wildman–Crippen LogP) is 4.31. The van der Waals surface area contributed by atoms with E-state index in [4.69, 9.17) is 21.1 Å². The average molecular weight is 504 g/mol. The summed E-state index contributed by atoms with van der Waals surface area (Å²) < 4.78 is 25.4. The van der Waals surface area contributed by atoms with Crippen molar-refractivity contribution in [2.24, 2.45) is 0 Å². The average Bonchev–Trinajstić information content (AvgIpc) is 2.76. The zero-order chi connectivity index (χ0) is 26.0. The second-order valence-electron chi connectivity index (χ2n) is 9.24. The van der Waals surface area contributed by atoms with Gasteiger partial charge in [0.25, 0.3) is 0 Å². The molecule has 1 fully saturated rings. The fourth-order valence-electron chi connectivity index (χ4n) is 3.55. The second-order valence-corrected chi connectivity index (χ2v) is 9.65. The van der Waals surface area contributed by atoms with Gasteiger partial charge >= 0.3 is 12.1 Å². The highest BCUT2D eigenvalue weighted by molar-refractivity contribution is 6.30. The summed E-state index contributed by atoms with van der Waals surface area (Å²) in [6, 6.07) is 6.19. The van der Waals surface area contributed by atoms with Gasteiger partial charge < -0.3 is 19.7 Å². The summed E-state index contributed by atoms with van der Waals surface area (Å²) in [5.41, 5.74) is -2.42. The molecule has 0 spiro atoms. The maximum absolute atomic E-state index is 15.0. The van der Waals surface area contributed by atoms with Gasteiger partial charge in [-0.25, -0.2) is 23.9 Å². The van der Waals surface area contributed by atoms with Gasteiger partial charge in [0.15, 0.2) is 0 Å². The van der Waals surface area contributed by atoms with E-state index >= 15 is 0 Å². The number of nitrogens with one attached hydrogen (secondary N) is 1. The molecule has 2 heterocycles. The lowest BCUT2D eigenvalue weighted by atomic mass is 9.78. The summed E-state index contributed by atoms with van der Waals surface area (Å²) in [7, 11) is 0. The summed E-state index contributed by atoms with van der Waals surface area (Å²) in [5.74, 6) is -1.41. The number of ether oxygens (including phenoxy) is 2. The van der Waals surface area contributed by atoms with E-state index in [0.29, 0.717) is 13.1 Å². The number of aromatic nitrogens is 2. The van der Waals surface area contributed by atoms with Crippen LogP contribution >= 0.6 is 11.6 Å². The highest BCUT2D eigenvalue weighted by Gasteiger charge is 2.39. The SMILES string of the molecule is CCOC(=O)c1cnc(NC2CN(C(=O)OC(C)(C)C)C2)nc1C(C)(C#N)c1cccc(Cl)c1F. The summed E-state index contributed by atoms with van der Waals surface area (Å²) in [4.78, 5) is 34.9. The molecule has 0 bridgehead atoms. The zero-order valence-corrected chi connectivity index (χ0v) is 20.9. The number of benzene rings is 1. The Morgan fingerprint density at radius 2 is 2.00 bits per heavy atom. The molecule has 1 amide bonds. The molecule has 1 atom stereocenters. The van der Waals surface area contributed by atoms with Crippen LogP contribution < -0.4 is 5.32 Å². The first kappa shape index (κ1) is 26.2. The molecule has 1 N–H and O–H groups in total. The van der Waals surface area contributed by atoms with Crippen molar-refractivity contribution >= 4 is 29.6 Å². The van der Waals surface area contributed by atoms with E-state index in [1.807, 2.05) is 0 Å². The van der Waals surface area contributed by atoms with E-state index in [2.05, 4.69) is 21.4 Å². The topological polar surface area (TPSA) is 117 Å². The molecular weight excluding hydrogens is 477 g/mol. The highest BCUT2D eigenvalue weighted by atomic mass is 35.5. The van der Waals surface area contributed by atoms with Crippen LogP contribution in [0.2, 0.25) is 5.02 Å². The number of hydrogen-bond donors (Lipinski definition) is 1. The first-order valence-electron chi connectivity index (χ1n) is 11.0. The van der Waals surface area contributed by atoms with Crippen LogP contribution in [0.3, 0.4) is 0 Å². The van der Waals surface area contributed by atoms with Crippen molar-refractivity contribution in [1.82, 2.24) is 14.9 Å². The summed E-state index contributed by atoms with van der Waals surface area (Å²) in [6.45, 7) is 9.25. The normalized spacial score (nSPS) is 15.4. The molecule has 1 aliphatic rings. The van der Waals surface area contributed by atoms with Crippen molar-refractivity contribution in [3.8, 4) is 6.07 Å². The van der Waals surface area contributed by atoms with Crippen LogP contribution in [-0.4, -0.2) is 58.3 Å². The maximum atomic E-state index is 15.0. The second kappa shape index (κ2) is 10.0. The summed E-state index contributed by atoms with van der Waals surface area (Å²) >= 11 is 5.96. The number of carbonyl (C=O) groups is 2. The standard InChI is InChI=1S/C24H27ClFN5O4/c1-6-34-20(32)15-10-28-21(29-14-11-31(12-14)22(33)35-23(2,3)4)30-19(15)24(5,13-27)16-8-7-9-17(25)18(16)26/h7-10,14H,6,11-12H2,1-5H3,(H,28,29,30). The Kier molecular flexibility index (Phi) is 7.50. The fourth-order valence-corrected chi connectivity index (χ4v) is 3.72. The predicted molar refractivity (Wildman–Crippen MR) is 127 cm³/mol. The number of likely N-dealkylation sites (tertiary alicyclic amines) is 1. The molecule has 3 rings (SSSR count). The first-order chi connectivity index (χ1) is 16.4. The number of esters is 1. The maximum Gasteiger partial charge on any atom is 0.410 e. The van der Waals surface area contributed by atoms with Crippen LogP contribution in [0, 0.1) is 17.1 Å². The molecule has 2 aromatic rings. The molecule has 0 aliphatic carbocycles. The number of hydrogen-bond acceptors (Lipinski definition) is 8. The third-order valence-corrected chi connectivity index (χ3v) is 5.63. The van der Waals surface area contributed by atoms with E-state index in [9.17, 15) is 19.2 Å². The summed E-state index contributed by atoms with van der Waals surface area (Å²) in [6.07, 6.45) is 0.814. The monoisotopic (exact) mass is 503 g/mol. The van der Waals surface area contributed by atoms with E-state index in [-0.39, 0.29) is 40.4 Å². The Balaban J connectivity index is 1.92. The van der Waals surface area contributed by atoms with E-state index in [1.165, 1.54) is 36.2 Å². The molecule has 0 saturated carbocycles. The largest absolute Gasteiger partial charge is 0.462 e. The Morgan fingerprint density at radius 1 is 1.31 bits per heavy atom. The lowest BCUT2D eigenvalue weighted by Crippen LogP contribution is -2.58. The molecular formula is C24H27ClFN5O4. The van der Waals surface area contributed by atoms with Crippen LogP contribution in [0.4, 0.5) is 15.1 Å². The molecule has 35 heavy (non-hydrogen) atoms. The Hall–Kier alpha value is -3.45.